The van der Waals surface area contributed by atoms with Crippen molar-refractivity contribution in [3.8, 4) is 0 Å². The lowest BCUT2D eigenvalue weighted by atomic mass is 10.1. The summed E-state index contributed by atoms with van der Waals surface area (Å²) in [6, 6.07) is 18.5. The summed E-state index contributed by atoms with van der Waals surface area (Å²) in [5.41, 5.74) is 1.72. The molecule has 26 heavy (non-hydrogen) atoms. The van der Waals surface area contributed by atoms with E-state index in [4.69, 9.17) is 11.6 Å². The van der Waals surface area contributed by atoms with Crippen molar-refractivity contribution in [2.45, 2.75) is 0 Å². The van der Waals surface area contributed by atoms with E-state index >= 15 is 0 Å². The maximum absolute atomic E-state index is 12.9. The smallest absolute Gasteiger partial charge is 0.255 e. The Kier molecular flexibility index (Phi) is 5.29. The Morgan fingerprint density at radius 1 is 0.731 bits per heavy atom. The number of anilines is 2. The molecule has 0 saturated heterocycles. The van der Waals surface area contributed by atoms with Crippen molar-refractivity contribution in [2.75, 3.05) is 10.6 Å². The molecule has 130 valence electrons. The Morgan fingerprint density at radius 3 is 1.69 bits per heavy atom. The van der Waals surface area contributed by atoms with E-state index in [0.717, 1.165) is 0 Å². The highest BCUT2D eigenvalue weighted by atomic mass is 35.5. The van der Waals surface area contributed by atoms with Gasteiger partial charge >= 0.3 is 0 Å². The van der Waals surface area contributed by atoms with Crippen LogP contribution >= 0.6 is 11.6 Å². The van der Waals surface area contributed by atoms with Gasteiger partial charge in [-0.25, -0.2) is 4.39 Å². The second-order valence-electron chi connectivity index (χ2n) is 5.50. The SMILES string of the molecule is O=C(Nc1ccc(F)cc1)c1cccc(C(=O)Nc2ccc(Cl)cc2)c1. The van der Waals surface area contributed by atoms with Crippen molar-refractivity contribution in [2.24, 2.45) is 0 Å². The van der Waals surface area contributed by atoms with Crippen LogP contribution in [-0.2, 0) is 0 Å². The van der Waals surface area contributed by atoms with E-state index in [0.29, 0.717) is 27.5 Å². The number of carbonyl (C=O) groups excluding carboxylic acids is 2. The summed E-state index contributed by atoms with van der Waals surface area (Å²) in [7, 11) is 0. The fourth-order valence-corrected chi connectivity index (χ4v) is 2.40. The quantitative estimate of drug-likeness (QED) is 0.682. The Labute approximate surface area is 154 Å². The van der Waals surface area contributed by atoms with Crippen LogP contribution in [0.25, 0.3) is 0 Å². The Bertz CT molecular complexity index is 866. The number of halogens is 2. The molecular weight excluding hydrogens is 355 g/mol. The number of rotatable bonds is 4. The van der Waals surface area contributed by atoms with Gasteiger partial charge in [0.1, 0.15) is 5.82 Å². The first-order chi connectivity index (χ1) is 12.5. The highest BCUT2D eigenvalue weighted by Crippen LogP contribution is 2.16. The van der Waals surface area contributed by atoms with E-state index in [2.05, 4.69) is 10.6 Å². The average molecular weight is 369 g/mol. The topological polar surface area (TPSA) is 58.2 Å². The zero-order valence-corrected chi connectivity index (χ0v) is 14.3. The Morgan fingerprint density at radius 2 is 1.19 bits per heavy atom. The summed E-state index contributed by atoms with van der Waals surface area (Å²) in [5, 5.41) is 5.96. The highest BCUT2D eigenvalue weighted by Gasteiger charge is 2.11. The molecule has 0 aliphatic rings. The summed E-state index contributed by atoms with van der Waals surface area (Å²) in [6.07, 6.45) is 0. The van der Waals surface area contributed by atoms with Crippen molar-refractivity contribution in [1.29, 1.82) is 0 Å². The van der Waals surface area contributed by atoms with Crippen LogP contribution in [0.5, 0.6) is 0 Å². The van der Waals surface area contributed by atoms with E-state index in [1.807, 2.05) is 0 Å². The van der Waals surface area contributed by atoms with Crippen molar-refractivity contribution < 1.29 is 14.0 Å². The molecule has 0 heterocycles. The number of benzene rings is 3. The number of hydrogen-bond acceptors (Lipinski definition) is 2. The largest absolute Gasteiger partial charge is 0.322 e. The summed E-state index contributed by atoms with van der Waals surface area (Å²) >= 11 is 5.82. The zero-order valence-electron chi connectivity index (χ0n) is 13.5. The van der Waals surface area contributed by atoms with Crippen LogP contribution in [0.2, 0.25) is 5.02 Å². The van der Waals surface area contributed by atoms with Crippen LogP contribution in [0.1, 0.15) is 20.7 Å². The second kappa shape index (κ2) is 7.80. The van der Waals surface area contributed by atoms with E-state index < -0.39 is 5.91 Å². The van der Waals surface area contributed by atoms with E-state index in [1.165, 1.54) is 30.3 Å². The molecule has 0 radical (unpaired) electrons. The number of hydrogen-bond donors (Lipinski definition) is 2. The molecular formula is C20H14ClFN2O2. The van der Waals surface area contributed by atoms with Crippen LogP contribution in [0.3, 0.4) is 0 Å². The van der Waals surface area contributed by atoms with Crippen LogP contribution in [0, 0.1) is 5.82 Å². The molecule has 6 heteroatoms. The van der Waals surface area contributed by atoms with Gasteiger partial charge in [-0.2, -0.15) is 0 Å². The third kappa shape index (κ3) is 4.46. The monoisotopic (exact) mass is 368 g/mol. The predicted octanol–water partition coefficient (Wildman–Crippen LogP) is 4.98. The molecule has 3 aromatic rings. The fraction of sp³-hybridized carbons (Fsp3) is 0. The van der Waals surface area contributed by atoms with Gasteiger partial charge in [0.25, 0.3) is 11.8 Å². The van der Waals surface area contributed by atoms with Gasteiger partial charge in [-0.15, -0.1) is 0 Å². The summed E-state index contributed by atoms with van der Waals surface area (Å²) in [5.74, 6) is -1.12. The van der Waals surface area contributed by atoms with Crippen LogP contribution in [-0.4, -0.2) is 11.8 Å². The Hall–Kier alpha value is -3.18. The van der Waals surface area contributed by atoms with Gasteiger partial charge < -0.3 is 10.6 Å². The summed E-state index contributed by atoms with van der Waals surface area (Å²) < 4.78 is 12.9. The van der Waals surface area contributed by atoms with Crippen molar-refractivity contribution in [3.63, 3.8) is 0 Å². The zero-order chi connectivity index (χ0) is 18.5. The van der Waals surface area contributed by atoms with Gasteiger partial charge in [-0.1, -0.05) is 17.7 Å². The molecule has 0 spiro atoms. The molecule has 0 aliphatic heterocycles. The van der Waals surface area contributed by atoms with E-state index in [9.17, 15) is 14.0 Å². The van der Waals surface area contributed by atoms with Crippen LogP contribution in [0.4, 0.5) is 15.8 Å². The molecule has 0 fully saturated rings. The first-order valence-electron chi connectivity index (χ1n) is 7.75. The third-order valence-corrected chi connectivity index (χ3v) is 3.84. The molecule has 0 atom stereocenters. The Balaban J connectivity index is 1.72. The first-order valence-corrected chi connectivity index (χ1v) is 8.13. The molecule has 2 N–H and O–H groups in total. The average Bonchev–Trinajstić information content (AvgIpc) is 2.65. The van der Waals surface area contributed by atoms with Gasteiger partial charge in [-0.3, -0.25) is 9.59 Å². The van der Waals surface area contributed by atoms with Gasteiger partial charge in [0.05, 0.1) is 0 Å². The molecule has 2 amide bonds. The van der Waals surface area contributed by atoms with Crippen LogP contribution < -0.4 is 10.6 Å². The lowest BCUT2D eigenvalue weighted by molar-refractivity contribution is 0.102. The van der Waals surface area contributed by atoms with Crippen molar-refractivity contribution >= 4 is 34.8 Å². The molecule has 0 unspecified atom stereocenters. The minimum absolute atomic E-state index is 0.318. The molecule has 4 nitrogen and oxygen atoms in total. The van der Waals surface area contributed by atoms with Gasteiger partial charge in [-0.05, 0) is 66.7 Å². The van der Waals surface area contributed by atoms with Gasteiger partial charge in [0, 0.05) is 27.5 Å². The molecule has 0 saturated carbocycles. The normalized spacial score (nSPS) is 10.2. The van der Waals surface area contributed by atoms with Crippen LogP contribution in [0.15, 0.2) is 72.8 Å². The van der Waals surface area contributed by atoms with E-state index in [1.54, 1.807) is 42.5 Å². The van der Waals surface area contributed by atoms with Crippen molar-refractivity contribution in [3.05, 3.63) is 94.8 Å². The van der Waals surface area contributed by atoms with Crippen molar-refractivity contribution in [1.82, 2.24) is 0 Å². The third-order valence-electron chi connectivity index (χ3n) is 3.59. The number of amides is 2. The van der Waals surface area contributed by atoms with E-state index in [-0.39, 0.29) is 11.7 Å². The minimum atomic E-state index is -0.391. The molecule has 3 rings (SSSR count). The summed E-state index contributed by atoms with van der Waals surface area (Å²) in [4.78, 5) is 24.7. The second-order valence-corrected chi connectivity index (χ2v) is 5.94. The maximum Gasteiger partial charge on any atom is 0.255 e. The molecule has 0 bridgehead atoms. The number of carbonyl (C=O) groups is 2. The fourth-order valence-electron chi connectivity index (χ4n) is 2.27. The lowest BCUT2D eigenvalue weighted by Gasteiger charge is -2.08. The first kappa shape index (κ1) is 17.6. The molecule has 0 aliphatic carbocycles. The highest BCUT2D eigenvalue weighted by molar-refractivity contribution is 6.30. The molecule has 3 aromatic carbocycles. The maximum atomic E-state index is 12.9. The summed E-state index contributed by atoms with van der Waals surface area (Å²) in [6.45, 7) is 0. The standard InChI is InChI=1S/C20H14ClFN2O2/c21-15-4-8-17(9-5-15)23-19(25)13-2-1-3-14(12-13)20(26)24-18-10-6-16(22)7-11-18/h1-12H,(H,23,25)(H,24,26). The predicted molar refractivity (Wildman–Crippen MR) is 100 cm³/mol. The van der Waals surface area contributed by atoms with Gasteiger partial charge in [0.15, 0.2) is 0 Å². The number of nitrogens with one attached hydrogen (secondary N) is 2. The lowest BCUT2D eigenvalue weighted by Crippen LogP contribution is -2.15. The minimum Gasteiger partial charge on any atom is -0.322 e. The molecule has 0 aromatic heterocycles. The van der Waals surface area contributed by atoms with Gasteiger partial charge in [0.2, 0.25) is 0 Å².